The maximum absolute atomic E-state index is 13.3. The number of hydrogen-bond donors (Lipinski definition) is 1. The fraction of sp³-hybridized carbons (Fsp3) is 0.308. The molecule has 0 radical (unpaired) electrons. The molecule has 32 heavy (non-hydrogen) atoms. The Kier molecular flexibility index (Phi) is 5.78. The predicted molar refractivity (Wildman–Crippen MR) is 126 cm³/mol. The van der Waals surface area contributed by atoms with Gasteiger partial charge in [0.25, 0.3) is 5.91 Å². The van der Waals surface area contributed by atoms with E-state index in [0.29, 0.717) is 24.3 Å². The zero-order valence-electron chi connectivity index (χ0n) is 19.1. The van der Waals surface area contributed by atoms with Crippen LogP contribution in [-0.4, -0.2) is 52.6 Å². The lowest BCUT2D eigenvalue weighted by Crippen LogP contribution is -2.49. The van der Waals surface area contributed by atoms with Gasteiger partial charge in [-0.2, -0.15) is 0 Å². The van der Waals surface area contributed by atoms with Crippen molar-refractivity contribution >= 4 is 17.6 Å². The minimum Gasteiger partial charge on any atom is -0.478 e. The number of aromatic carboxylic acids is 1. The zero-order valence-corrected chi connectivity index (χ0v) is 19.1. The van der Waals surface area contributed by atoms with E-state index >= 15 is 0 Å². The third-order valence-electron chi connectivity index (χ3n) is 6.26. The molecule has 1 aliphatic heterocycles. The van der Waals surface area contributed by atoms with Gasteiger partial charge in [0.1, 0.15) is 0 Å². The Balaban J connectivity index is 1.57. The van der Waals surface area contributed by atoms with Gasteiger partial charge in [0.2, 0.25) is 0 Å². The van der Waals surface area contributed by atoms with E-state index in [1.807, 2.05) is 35.4 Å². The minimum absolute atomic E-state index is 0.0636. The van der Waals surface area contributed by atoms with E-state index in [9.17, 15) is 14.7 Å². The zero-order chi connectivity index (χ0) is 23.0. The molecule has 166 valence electrons. The molecule has 0 bridgehead atoms. The number of carbonyl (C=O) groups excluding carboxylic acids is 1. The monoisotopic (exact) mass is 431 g/mol. The topological polar surface area (TPSA) is 65.8 Å². The van der Waals surface area contributed by atoms with Crippen LogP contribution >= 0.6 is 0 Å². The molecule has 0 saturated carbocycles. The summed E-state index contributed by atoms with van der Waals surface area (Å²) in [5.74, 6) is -1.07. The molecule has 6 heteroatoms. The molecule has 1 fully saturated rings. The van der Waals surface area contributed by atoms with Crippen LogP contribution in [0.15, 0.2) is 48.5 Å². The largest absolute Gasteiger partial charge is 0.478 e. The summed E-state index contributed by atoms with van der Waals surface area (Å²) in [5, 5.41) is 9.69. The molecule has 0 spiro atoms. The second kappa shape index (κ2) is 8.54. The summed E-state index contributed by atoms with van der Waals surface area (Å²) in [7, 11) is 0. The molecule has 0 atom stereocenters. The molecule has 3 aromatic rings. The first-order valence-corrected chi connectivity index (χ1v) is 10.9. The van der Waals surface area contributed by atoms with E-state index < -0.39 is 5.97 Å². The SMILES string of the molecule is Cc1ccc(C)c(N2CCN(C(=O)c3ccc(C(=O)O)c(-n4c(C)ccc4C)c3)CC2)c1. The van der Waals surface area contributed by atoms with Crippen molar-refractivity contribution in [1.82, 2.24) is 9.47 Å². The standard InChI is InChI=1S/C26H29N3O3/c1-17-5-6-18(2)23(15-17)27-11-13-28(14-12-27)25(30)21-9-10-22(26(31)32)24(16-21)29-19(3)7-8-20(29)4/h5-10,15-16H,11-14H2,1-4H3,(H,31,32). The van der Waals surface area contributed by atoms with E-state index in [2.05, 4.69) is 36.9 Å². The van der Waals surface area contributed by atoms with Gasteiger partial charge in [0.05, 0.1) is 11.3 Å². The van der Waals surface area contributed by atoms with E-state index in [0.717, 1.165) is 24.5 Å². The molecular formula is C26H29N3O3. The number of aryl methyl sites for hydroxylation is 4. The first-order valence-electron chi connectivity index (χ1n) is 10.9. The Bertz CT molecular complexity index is 1170. The second-order valence-corrected chi connectivity index (χ2v) is 8.56. The fourth-order valence-electron chi connectivity index (χ4n) is 4.47. The summed E-state index contributed by atoms with van der Waals surface area (Å²) >= 11 is 0. The predicted octanol–water partition coefficient (Wildman–Crippen LogP) is 4.37. The molecule has 1 aliphatic rings. The van der Waals surface area contributed by atoms with E-state index in [1.165, 1.54) is 22.9 Å². The van der Waals surface area contributed by atoms with Crippen molar-refractivity contribution in [1.29, 1.82) is 0 Å². The van der Waals surface area contributed by atoms with Gasteiger partial charge >= 0.3 is 5.97 Å². The Morgan fingerprint density at radius 3 is 2.06 bits per heavy atom. The summed E-state index contributed by atoms with van der Waals surface area (Å²) in [4.78, 5) is 29.3. The summed E-state index contributed by atoms with van der Waals surface area (Å²) in [6.07, 6.45) is 0. The van der Waals surface area contributed by atoms with Crippen molar-refractivity contribution in [3.63, 3.8) is 0 Å². The first-order chi connectivity index (χ1) is 15.3. The molecular weight excluding hydrogens is 402 g/mol. The average molecular weight is 432 g/mol. The lowest BCUT2D eigenvalue weighted by molar-refractivity contribution is 0.0693. The number of carboxylic acid groups (broad SMARTS) is 1. The third-order valence-corrected chi connectivity index (χ3v) is 6.26. The second-order valence-electron chi connectivity index (χ2n) is 8.56. The molecule has 1 aromatic heterocycles. The van der Waals surface area contributed by atoms with Crippen LogP contribution in [0.2, 0.25) is 0 Å². The van der Waals surface area contributed by atoms with E-state index in [-0.39, 0.29) is 11.5 Å². The van der Waals surface area contributed by atoms with Gasteiger partial charge in [-0.05, 0) is 75.2 Å². The van der Waals surface area contributed by atoms with Crippen molar-refractivity contribution in [3.05, 3.63) is 82.2 Å². The quantitative estimate of drug-likeness (QED) is 0.666. The molecule has 2 heterocycles. The number of carbonyl (C=O) groups is 2. The molecule has 2 aromatic carbocycles. The Labute approximate surface area is 188 Å². The van der Waals surface area contributed by atoms with Crippen LogP contribution < -0.4 is 4.90 Å². The van der Waals surface area contributed by atoms with Gasteiger partial charge in [0, 0.05) is 48.8 Å². The van der Waals surface area contributed by atoms with Crippen LogP contribution in [0.25, 0.3) is 5.69 Å². The highest BCUT2D eigenvalue weighted by Crippen LogP contribution is 2.25. The minimum atomic E-state index is -1.01. The Morgan fingerprint density at radius 1 is 0.781 bits per heavy atom. The summed E-state index contributed by atoms with van der Waals surface area (Å²) < 4.78 is 1.89. The number of rotatable bonds is 4. The number of benzene rings is 2. The van der Waals surface area contributed by atoms with Gasteiger partial charge in [0.15, 0.2) is 0 Å². The number of hydrogen-bond acceptors (Lipinski definition) is 3. The summed E-state index contributed by atoms with van der Waals surface area (Å²) in [6.45, 7) is 10.9. The van der Waals surface area contributed by atoms with Gasteiger partial charge in [-0.25, -0.2) is 4.79 Å². The Hall–Kier alpha value is -3.54. The number of amides is 1. The van der Waals surface area contributed by atoms with Crippen LogP contribution in [-0.2, 0) is 0 Å². The van der Waals surface area contributed by atoms with Gasteiger partial charge in [-0.3, -0.25) is 4.79 Å². The third kappa shape index (κ3) is 4.00. The molecule has 0 unspecified atom stereocenters. The maximum atomic E-state index is 13.3. The lowest BCUT2D eigenvalue weighted by atomic mass is 10.1. The lowest BCUT2D eigenvalue weighted by Gasteiger charge is -2.37. The fourth-order valence-corrected chi connectivity index (χ4v) is 4.47. The highest BCUT2D eigenvalue weighted by Gasteiger charge is 2.25. The molecule has 0 aliphatic carbocycles. The Morgan fingerprint density at radius 2 is 1.44 bits per heavy atom. The first kappa shape index (κ1) is 21.7. The number of nitrogens with zero attached hydrogens (tertiary/aromatic N) is 3. The van der Waals surface area contributed by atoms with Gasteiger partial charge < -0.3 is 19.5 Å². The van der Waals surface area contributed by atoms with Crippen LogP contribution in [0.5, 0.6) is 0 Å². The molecule has 6 nitrogen and oxygen atoms in total. The van der Waals surface area contributed by atoms with Crippen LogP contribution in [0.1, 0.15) is 43.2 Å². The van der Waals surface area contributed by atoms with Crippen molar-refractivity contribution in [2.75, 3.05) is 31.1 Å². The maximum Gasteiger partial charge on any atom is 0.337 e. The highest BCUT2D eigenvalue weighted by atomic mass is 16.4. The van der Waals surface area contributed by atoms with Crippen molar-refractivity contribution < 1.29 is 14.7 Å². The van der Waals surface area contributed by atoms with Gasteiger partial charge in [-0.15, -0.1) is 0 Å². The van der Waals surface area contributed by atoms with Crippen LogP contribution in [0.3, 0.4) is 0 Å². The van der Waals surface area contributed by atoms with Crippen molar-refractivity contribution in [2.45, 2.75) is 27.7 Å². The van der Waals surface area contributed by atoms with E-state index in [4.69, 9.17) is 0 Å². The smallest absolute Gasteiger partial charge is 0.337 e. The number of piperazine rings is 1. The van der Waals surface area contributed by atoms with E-state index in [1.54, 1.807) is 12.1 Å². The molecule has 1 saturated heterocycles. The van der Waals surface area contributed by atoms with Crippen LogP contribution in [0.4, 0.5) is 5.69 Å². The molecule has 4 rings (SSSR count). The number of anilines is 1. The highest BCUT2D eigenvalue weighted by molar-refractivity contribution is 5.98. The normalized spacial score (nSPS) is 14.0. The average Bonchev–Trinajstić information content (AvgIpc) is 3.12. The number of aromatic nitrogens is 1. The van der Waals surface area contributed by atoms with Gasteiger partial charge in [-0.1, -0.05) is 12.1 Å². The number of carboxylic acids is 1. The van der Waals surface area contributed by atoms with Crippen molar-refractivity contribution in [2.24, 2.45) is 0 Å². The molecule has 1 amide bonds. The van der Waals surface area contributed by atoms with Crippen molar-refractivity contribution in [3.8, 4) is 5.69 Å². The van der Waals surface area contributed by atoms with Crippen LogP contribution in [0, 0.1) is 27.7 Å². The molecule has 1 N–H and O–H groups in total. The summed E-state index contributed by atoms with van der Waals surface area (Å²) in [6, 6.07) is 15.2. The summed E-state index contributed by atoms with van der Waals surface area (Å²) in [5.41, 5.74) is 6.77.